The van der Waals surface area contributed by atoms with Gasteiger partial charge in [-0.2, -0.15) is 0 Å². The third kappa shape index (κ3) is 2.26. The van der Waals surface area contributed by atoms with Crippen molar-refractivity contribution in [1.82, 2.24) is 4.90 Å². The number of benzene rings is 1. The lowest BCUT2D eigenvalue weighted by molar-refractivity contribution is -0.0203. The Labute approximate surface area is 96.9 Å². The third-order valence-corrected chi connectivity index (χ3v) is 3.54. The number of rotatable bonds is 2. The number of hydrogen-bond donors (Lipinski definition) is 2. The number of piperidine rings is 1. The van der Waals surface area contributed by atoms with Crippen molar-refractivity contribution in [3.63, 3.8) is 0 Å². The number of hydrogen-bond acceptors (Lipinski definition) is 3. The van der Waals surface area contributed by atoms with E-state index in [0.29, 0.717) is 6.54 Å². The van der Waals surface area contributed by atoms with Gasteiger partial charge in [-0.05, 0) is 31.0 Å². The van der Waals surface area contributed by atoms with E-state index in [1.165, 1.54) is 0 Å². The highest BCUT2D eigenvalue weighted by atomic mass is 16.3. The second kappa shape index (κ2) is 4.53. The Bertz CT molecular complexity index is 339. The molecule has 0 radical (unpaired) electrons. The summed E-state index contributed by atoms with van der Waals surface area (Å²) in [5.74, 6) is 0. The molecule has 1 aromatic rings. The lowest BCUT2D eigenvalue weighted by Crippen LogP contribution is -2.40. The molecule has 1 saturated heterocycles. The van der Waals surface area contributed by atoms with Gasteiger partial charge in [0.1, 0.15) is 0 Å². The zero-order valence-corrected chi connectivity index (χ0v) is 9.82. The molecule has 3 N–H and O–H groups in total. The van der Waals surface area contributed by atoms with Crippen molar-refractivity contribution >= 4 is 0 Å². The SMILES string of the molecule is CN1CCC(O)(c2ccc(CN)cc2)CC1. The molecule has 16 heavy (non-hydrogen) atoms. The summed E-state index contributed by atoms with van der Waals surface area (Å²) in [4.78, 5) is 2.25. The lowest BCUT2D eigenvalue weighted by Gasteiger charge is -2.37. The summed E-state index contributed by atoms with van der Waals surface area (Å²) >= 11 is 0. The molecular formula is C13H20N2O. The van der Waals surface area contributed by atoms with Crippen LogP contribution in [-0.2, 0) is 12.1 Å². The van der Waals surface area contributed by atoms with Crippen LogP contribution in [0, 0.1) is 0 Å². The third-order valence-electron chi connectivity index (χ3n) is 3.54. The monoisotopic (exact) mass is 220 g/mol. The van der Waals surface area contributed by atoms with E-state index < -0.39 is 5.60 Å². The molecule has 0 amide bonds. The van der Waals surface area contributed by atoms with Crippen molar-refractivity contribution in [1.29, 1.82) is 0 Å². The van der Waals surface area contributed by atoms with E-state index in [2.05, 4.69) is 11.9 Å². The Morgan fingerprint density at radius 2 is 1.81 bits per heavy atom. The molecule has 0 aliphatic carbocycles. The summed E-state index contributed by atoms with van der Waals surface area (Å²) in [5.41, 5.74) is 7.06. The van der Waals surface area contributed by atoms with Gasteiger partial charge in [0.05, 0.1) is 5.60 Å². The van der Waals surface area contributed by atoms with Crippen LogP contribution in [0.2, 0.25) is 0 Å². The van der Waals surface area contributed by atoms with E-state index in [4.69, 9.17) is 5.73 Å². The molecule has 0 aromatic heterocycles. The first-order valence-corrected chi connectivity index (χ1v) is 5.84. The Morgan fingerprint density at radius 3 is 2.31 bits per heavy atom. The Morgan fingerprint density at radius 1 is 1.25 bits per heavy atom. The molecule has 2 rings (SSSR count). The fourth-order valence-corrected chi connectivity index (χ4v) is 2.23. The van der Waals surface area contributed by atoms with Gasteiger partial charge in [-0.3, -0.25) is 0 Å². The van der Waals surface area contributed by atoms with E-state index in [9.17, 15) is 5.11 Å². The predicted octanol–water partition coefficient (Wildman–Crippen LogP) is 1.06. The lowest BCUT2D eigenvalue weighted by atomic mass is 9.84. The van der Waals surface area contributed by atoms with E-state index in [1.54, 1.807) is 0 Å². The zero-order valence-electron chi connectivity index (χ0n) is 9.82. The average molecular weight is 220 g/mol. The van der Waals surface area contributed by atoms with Crippen LogP contribution in [0.1, 0.15) is 24.0 Å². The first kappa shape index (κ1) is 11.6. The van der Waals surface area contributed by atoms with Gasteiger partial charge in [-0.15, -0.1) is 0 Å². The van der Waals surface area contributed by atoms with Crippen LogP contribution in [0.15, 0.2) is 24.3 Å². The van der Waals surface area contributed by atoms with Gasteiger partial charge >= 0.3 is 0 Å². The molecule has 1 aliphatic heterocycles. The van der Waals surface area contributed by atoms with Gasteiger partial charge in [0.2, 0.25) is 0 Å². The van der Waals surface area contributed by atoms with Crippen molar-refractivity contribution in [2.75, 3.05) is 20.1 Å². The summed E-state index contributed by atoms with van der Waals surface area (Å²) in [7, 11) is 2.09. The quantitative estimate of drug-likeness (QED) is 0.783. The number of likely N-dealkylation sites (tertiary alicyclic amines) is 1. The summed E-state index contributed by atoms with van der Waals surface area (Å²) < 4.78 is 0. The fraction of sp³-hybridized carbons (Fsp3) is 0.538. The molecule has 0 bridgehead atoms. The molecule has 0 saturated carbocycles. The highest BCUT2D eigenvalue weighted by Crippen LogP contribution is 2.32. The molecule has 1 aliphatic rings. The Hall–Kier alpha value is -0.900. The summed E-state index contributed by atoms with van der Waals surface area (Å²) in [6.07, 6.45) is 1.62. The van der Waals surface area contributed by atoms with E-state index in [-0.39, 0.29) is 0 Å². The van der Waals surface area contributed by atoms with Crippen LogP contribution >= 0.6 is 0 Å². The van der Waals surface area contributed by atoms with Crippen LogP contribution in [0.5, 0.6) is 0 Å². The van der Waals surface area contributed by atoms with Crippen molar-refractivity contribution in [3.8, 4) is 0 Å². The largest absolute Gasteiger partial charge is 0.385 e. The molecule has 1 aromatic carbocycles. The minimum absolute atomic E-state index is 0.557. The van der Waals surface area contributed by atoms with Crippen LogP contribution in [-0.4, -0.2) is 30.1 Å². The van der Waals surface area contributed by atoms with Crippen molar-refractivity contribution in [3.05, 3.63) is 35.4 Å². The second-order valence-electron chi connectivity index (χ2n) is 4.74. The maximum atomic E-state index is 10.6. The first-order valence-electron chi connectivity index (χ1n) is 5.84. The standard InChI is InChI=1S/C13H20N2O/c1-15-8-6-13(16,7-9-15)12-4-2-11(10-14)3-5-12/h2-5,16H,6-10,14H2,1H3. The van der Waals surface area contributed by atoms with Crippen molar-refractivity contribution in [2.45, 2.75) is 25.0 Å². The van der Waals surface area contributed by atoms with Gasteiger partial charge < -0.3 is 15.7 Å². The molecule has 3 heteroatoms. The Balaban J connectivity index is 2.16. The molecule has 1 heterocycles. The second-order valence-corrected chi connectivity index (χ2v) is 4.74. The molecule has 1 fully saturated rings. The minimum Gasteiger partial charge on any atom is -0.385 e. The normalized spacial score (nSPS) is 20.9. The maximum absolute atomic E-state index is 10.6. The zero-order chi connectivity index (χ0) is 11.6. The van der Waals surface area contributed by atoms with Gasteiger partial charge in [-0.1, -0.05) is 24.3 Å². The first-order chi connectivity index (χ1) is 7.64. The van der Waals surface area contributed by atoms with Crippen LogP contribution in [0.25, 0.3) is 0 Å². The molecule has 0 atom stereocenters. The minimum atomic E-state index is -0.639. The topological polar surface area (TPSA) is 49.5 Å². The summed E-state index contributed by atoms with van der Waals surface area (Å²) in [6, 6.07) is 8.03. The molecular weight excluding hydrogens is 200 g/mol. The van der Waals surface area contributed by atoms with E-state index >= 15 is 0 Å². The summed E-state index contributed by atoms with van der Waals surface area (Å²) in [5, 5.41) is 10.6. The number of nitrogens with two attached hydrogens (primary N) is 1. The molecule has 0 unspecified atom stereocenters. The Kier molecular flexibility index (Phi) is 3.28. The fourth-order valence-electron chi connectivity index (χ4n) is 2.23. The highest BCUT2D eigenvalue weighted by Gasteiger charge is 2.32. The van der Waals surface area contributed by atoms with Gasteiger partial charge in [0, 0.05) is 19.6 Å². The maximum Gasteiger partial charge on any atom is 0.0920 e. The van der Waals surface area contributed by atoms with Crippen molar-refractivity contribution in [2.24, 2.45) is 5.73 Å². The molecule has 0 spiro atoms. The number of aliphatic hydroxyl groups is 1. The van der Waals surface area contributed by atoms with Gasteiger partial charge in [0.15, 0.2) is 0 Å². The van der Waals surface area contributed by atoms with Gasteiger partial charge in [0.25, 0.3) is 0 Å². The number of nitrogens with zero attached hydrogens (tertiary/aromatic N) is 1. The average Bonchev–Trinajstić information content (AvgIpc) is 2.33. The molecule has 88 valence electrons. The van der Waals surface area contributed by atoms with Gasteiger partial charge in [-0.25, -0.2) is 0 Å². The predicted molar refractivity (Wildman–Crippen MR) is 65.0 cm³/mol. The smallest absolute Gasteiger partial charge is 0.0920 e. The van der Waals surface area contributed by atoms with E-state index in [1.807, 2.05) is 24.3 Å². The summed E-state index contributed by atoms with van der Waals surface area (Å²) in [6.45, 7) is 2.46. The molecule has 3 nitrogen and oxygen atoms in total. The van der Waals surface area contributed by atoms with Crippen LogP contribution < -0.4 is 5.73 Å². The van der Waals surface area contributed by atoms with E-state index in [0.717, 1.165) is 37.1 Å². The van der Waals surface area contributed by atoms with Crippen LogP contribution in [0.3, 0.4) is 0 Å². The van der Waals surface area contributed by atoms with Crippen molar-refractivity contribution < 1.29 is 5.11 Å². The van der Waals surface area contributed by atoms with Crippen LogP contribution in [0.4, 0.5) is 0 Å². The highest BCUT2D eigenvalue weighted by molar-refractivity contribution is 5.27.